The van der Waals surface area contributed by atoms with E-state index >= 15 is 0 Å². The van der Waals surface area contributed by atoms with Gasteiger partial charge in [-0.3, -0.25) is 0 Å². The maximum Gasteiger partial charge on any atom is 0.228 e. The summed E-state index contributed by atoms with van der Waals surface area (Å²) in [5.74, 6) is 0.434. The fourth-order valence-corrected chi connectivity index (χ4v) is 1.43. The fourth-order valence-electron chi connectivity index (χ4n) is 1.07. The van der Waals surface area contributed by atoms with Gasteiger partial charge in [-0.15, -0.1) is 0 Å². The molecule has 0 aliphatic heterocycles. The van der Waals surface area contributed by atoms with E-state index < -0.39 is 0 Å². The number of halogens is 2. The number of nitrogens with zero attached hydrogens (tertiary/aromatic N) is 3. The van der Waals surface area contributed by atoms with E-state index in [1.165, 1.54) is 0 Å². The van der Waals surface area contributed by atoms with Crippen molar-refractivity contribution in [1.29, 1.82) is 0 Å². The molecule has 14 heavy (non-hydrogen) atoms. The minimum atomic E-state index is 0.110. The summed E-state index contributed by atoms with van der Waals surface area (Å²) < 4.78 is 0. The summed E-state index contributed by atoms with van der Waals surface area (Å²) in [6.07, 6.45) is 1.99. The first-order chi connectivity index (χ1) is 6.65. The molecule has 0 saturated heterocycles. The molecular formula is C8H12Cl2N4. The van der Waals surface area contributed by atoms with Crippen LogP contribution in [0, 0.1) is 0 Å². The van der Waals surface area contributed by atoms with E-state index in [9.17, 15) is 0 Å². The number of rotatable bonds is 4. The first-order valence-corrected chi connectivity index (χ1v) is 5.24. The highest BCUT2D eigenvalue weighted by atomic mass is 35.5. The average molecular weight is 235 g/mol. The van der Waals surface area contributed by atoms with Crippen molar-refractivity contribution < 1.29 is 0 Å². The number of aromatic nitrogens is 3. The summed E-state index contributed by atoms with van der Waals surface area (Å²) in [5, 5.41) is 3.35. The van der Waals surface area contributed by atoms with E-state index in [0.717, 1.165) is 12.8 Å². The molecule has 0 fully saturated rings. The van der Waals surface area contributed by atoms with Crippen LogP contribution in [0.2, 0.25) is 10.6 Å². The second-order valence-corrected chi connectivity index (χ2v) is 3.53. The van der Waals surface area contributed by atoms with Gasteiger partial charge in [-0.05, 0) is 36.0 Å². The minimum absolute atomic E-state index is 0.110. The molecule has 1 aromatic heterocycles. The Bertz CT molecular complexity index is 281. The van der Waals surface area contributed by atoms with Gasteiger partial charge >= 0.3 is 0 Å². The van der Waals surface area contributed by atoms with Crippen LogP contribution in [-0.4, -0.2) is 21.0 Å². The van der Waals surface area contributed by atoms with Gasteiger partial charge in [0.2, 0.25) is 16.5 Å². The van der Waals surface area contributed by atoms with Gasteiger partial charge in [0.15, 0.2) is 0 Å². The standard InChI is InChI=1S/C8H12Cl2N4/c1-3-5(4-2)11-8-13-6(9)12-7(10)14-8/h5H,3-4H2,1-2H3,(H,11,12,13,14). The molecule has 78 valence electrons. The monoisotopic (exact) mass is 234 g/mol. The molecule has 1 N–H and O–H groups in total. The maximum atomic E-state index is 5.63. The number of hydrogen-bond donors (Lipinski definition) is 1. The summed E-state index contributed by atoms with van der Waals surface area (Å²) in [6.45, 7) is 4.18. The molecule has 4 nitrogen and oxygen atoms in total. The molecule has 0 spiro atoms. The SMILES string of the molecule is CCC(CC)Nc1nc(Cl)nc(Cl)n1. The number of hydrogen-bond acceptors (Lipinski definition) is 4. The molecule has 0 unspecified atom stereocenters. The van der Waals surface area contributed by atoms with Crippen LogP contribution in [-0.2, 0) is 0 Å². The van der Waals surface area contributed by atoms with Crippen LogP contribution in [0.1, 0.15) is 26.7 Å². The predicted molar refractivity (Wildman–Crippen MR) is 57.8 cm³/mol. The van der Waals surface area contributed by atoms with Crippen LogP contribution in [0.15, 0.2) is 0 Å². The van der Waals surface area contributed by atoms with Crippen molar-refractivity contribution in [3.05, 3.63) is 10.6 Å². The Kier molecular flexibility index (Phi) is 4.35. The highest BCUT2D eigenvalue weighted by Gasteiger charge is 2.07. The van der Waals surface area contributed by atoms with Crippen molar-refractivity contribution in [2.24, 2.45) is 0 Å². The molecule has 0 amide bonds. The van der Waals surface area contributed by atoms with Crippen molar-refractivity contribution in [2.45, 2.75) is 32.7 Å². The predicted octanol–water partition coefficient (Wildman–Crippen LogP) is 2.78. The Morgan fingerprint density at radius 3 is 2.00 bits per heavy atom. The summed E-state index contributed by atoms with van der Waals surface area (Å²) in [6, 6.07) is 0.338. The fraction of sp³-hybridized carbons (Fsp3) is 0.625. The smallest absolute Gasteiger partial charge is 0.228 e. The van der Waals surface area contributed by atoms with E-state index in [1.54, 1.807) is 0 Å². The number of anilines is 1. The molecule has 1 heterocycles. The van der Waals surface area contributed by atoms with E-state index in [4.69, 9.17) is 23.2 Å². The third-order valence-corrected chi connectivity index (χ3v) is 2.24. The highest BCUT2D eigenvalue weighted by Crippen LogP contribution is 2.12. The van der Waals surface area contributed by atoms with E-state index in [0.29, 0.717) is 12.0 Å². The van der Waals surface area contributed by atoms with Crippen LogP contribution >= 0.6 is 23.2 Å². The lowest BCUT2D eigenvalue weighted by Gasteiger charge is -2.13. The average Bonchev–Trinajstić information content (AvgIpc) is 2.12. The summed E-state index contributed by atoms with van der Waals surface area (Å²) in [4.78, 5) is 11.5. The molecule has 0 radical (unpaired) electrons. The molecule has 0 saturated carbocycles. The Morgan fingerprint density at radius 2 is 1.57 bits per heavy atom. The Balaban J connectivity index is 2.75. The molecule has 1 aromatic rings. The van der Waals surface area contributed by atoms with Gasteiger partial charge in [0.1, 0.15) is 0 Å². The molecule has 0 aliphatic carbocycles. The zero-order valence-electron chi connectivity index (χ0n) is 8.09. The van der Waals surface area contributed by atoms with Gasteiger partial charge < -0.3 is 5.32 Å². The first kappa shape index (κ1) is 11.5. The molecule has 6 heteroatoms. The third-order valence-electron chi connectivity index (χ3n) is 1.90. The lowest BCUT2D eigenvalue weighted by molar-refractivity contribution is 0.663. The Morgan fingerprint density at radius 1 is 1.07 bits per heavy atom. The molecule has 0 aliphatic rings. The Hall–Kier alpha value is -0.610. The number of nitrogens with one attached hydrogen (secondary N) is 1. The minimum Gasteiger partial charge on any atom is -0.351 e. The first-order valence-electron chi connectivity index (χ1n) is 4.49. The second-order valence-electron chi connectivity index (χ2n) is 2.85. The quantitative estimate of drug-likeness (QED) is 0.871. The zero-order chi connectivity index (χ0) is 10.6. The van der Waals surface area contributed by atoms with E-state index in [2.05, 4.69) is 34.1 Å². The zero-order valence-corrected chi connectivity index (χ0v) is 9.60. The van der Waals surface area contributed by atoms with Crippen LogP contribution in [0.5, 0.6) is 0 Å². The molecular weight excluding hydrogens is 223 g/mol. The van der Waals surface area contributed by atoms with Gasteiger partial charge in [0, 0.05) is 6.04 Å². The molecule has 0 aromatic carbocycles. The van der Waals surface area contributed by atoms with Crippen LogP contribution in [0.3, 0.4) is 0 Å². The summed E-state index contributed by atoms with van der Waals surface area (Å²) in [7, 11) is 0. The van der Waals surface area contributed by atoms with Gasteiger partial charge in [-0.1, -0.05) is 13.8 Å². The van der Waals surface area contributed by atoms with Crippen LogP contribution in [0.4, 0.5) is 5.95 Å². The van der Waals surface area contributed by atoms with Crippen molar-refractivity contribution in [1.82, 2.24) is 15.0 Å². The lowest BCUT2D eigenvalue weighted by atomic mass is 10.2. The van der Waals surface area contributed by atoms with Crippen molar-refractivity contribution in [3.8, 4) is 0 Å². The lowest BCUT2D eigenvalue weighted by Crippen LogP contribution is -2.19. The maximum absolute atomic E-state index is 5.63. The summed E-state index contributed by atoms with van der Waals surface area (Å²) in [5.41, 5.74) is 0. The van der Waals surface area contributed by atoms with Crippen molar-refractivity contribution in [3.63, 3.8) is 0 Å². The molecule has 1 rings (SSSR count). The van der Waals surface area contributed by atoms with Gasteiger partial charge in [0.05, 0.1) is 0 Å². The summed E-state index contributed by atoms with van der Waals surface area (Å²) >= 11 is 11.3. The van der Waals surface area contributed by atoms with Crippen molar-refractivity contribution in [2.75, 3.05) is 5.32 Å². The van der Waals surface area contributed by atoms with Gasteiger partial charge in [0.25, 0.3) is 0 Å². The Labute approximate surface area is 93.1 Å². The van der Waals surface area contributed by atoms with Crippen LogP contribution in [0.25, 0.3) is 0 Å². The third kappa shape index (κ3) is 3.27. The topological polar surface area (TPSA) is 50.7 Å². The molecule has 0 bridgehead atoms. The normalized spacial score (nSPS) is 10.6. The van der Waals surface area contributed by atoms with Crippen molar-refractivity contribution >= 4 is 29.2 Å². The van der Waals surface area contributed by atoms with Crippen LogP contribution < -0.4 is 5.32 Å². The van der Waals surface area contributed by atoms with Gasteiger partial charge in [-0.25, -0.2) is 0 Å². The largest absolute Gasteiger partial charge is 0.351 e. The molecule has 0 atom stereocenters. The van der Waals surface area contributed by atoms with E-state index in [1.807, 2.05) is 0 Å². The van der Waals surface area contributed by atoms with Gasteiger partial charge in [-0.2, -0.15) is 15.0 Å². The highest BCUT2D eigenvalue weighted by molar-refractivity contribution is 6.31. The van der Waals surface area contributed by atoms with E-state index in [-0.39, 0.29) is 10.6 Å². The second kappa shape index (κ2) is 5.32.